The Morgan fingerprint density at radius 2 is 1.93 bits per heavy atom. The van der Waals surface area contributed by atoms with E-state index in [1.165, 1.54) is 4.90 Å². The average molecular weight is 521 g/mol. The Morgan fingerprint density at radius 3 is 2.57 bits per heavy atom. The van der Waals surface area contributed by atoms with Gasteiger partial charge in [0, 0.05) is 17.9 Å². The number of hydrogen-bond donors (Lipinski definition) is 1. The summed E-state index contributed by atoms with van der Waals surface area (Å²) in [7, 11) is 1.55. The maximum absolute atomic E-state index is 12.9. The van der Waals surface area contributed by atoms with Gasteiger partial charge >= 0.3 is 6.18 Å². The van der Waals surface area contributed by atoms with Crippen molar-refractivity contribution in [2.45, 2.75) is 17.8 Å². The minimum atomic E-state index is -4.57. The molecule has 1 atom stereocenters. The van der Waals surface area contributed by atoms with Gasteiger partial charge in [-0.1, -0.05) is 39.3 Å². The zero-order chi connectivity index (χ0) is 22.1. The highest BCUT2D eigenvalue weighted by molar-refractivity contribution is 9.10. The van der Waals surface area contributed by atoms with Crippen molar-refractivity contribution in [3.63, 3.8) is 0 Å². The second kappa shape index (κ2) is 8.99. The van der Waals surface area contributed by atoms with Gasteiger partial charge in [0.2, 0.25) is 11.8 Å². The molecule has 11 heteroatoms. The molecule has 0 aromatic heterocycles. The van der Waals surface area contributed by atoms with Gasteiger partial charge in [0.25, 0.3) is 0 Å². The summed E-state index contributed by atoms with van der Waals surface area (Å²) in [6, 6.07) is 9.81. The molecule has 0 bridgehead atoms. The first-order chi connectivity index (χ1) is 14.0. The average Bonchev–Trinajstić information content (AvgIpc) is 2.92. The maximum atomic E-state index is 12.9. The minimum Gasteiger partial charge on any atom is -0.325 e. The zero-order valence-corrected chi connectivity index (χ0v) is 18.5. The van der Waals surface area contributed by atoms with Crippen LogP contribution in [0.1, 0.15) is 12.0 Å². The van der Waals surface area contributed by atoms with E-state index < -0.39 is 22.9 Å². The molecule has 0 radical (unpaired) electrons. The Morgan fingerprint density at radius 1 is 1.27 bits per heavy atom. The van der Waals surface area contributed by atoms with Gasteiger partial charge in [-0.25, -0.2) is 4.99 Å². The first-order valence-electron chi connectivity index (χ1n) is 8.49. The molecule has 2 amide bonds. The van der Waals surface area contributed by atoms with Crippen molar-refractivity contribution in [1.29, 1.82) is 0 Å². The van der Waals surface area contributed by atoms with Gasteiger partial charge in [0.1, 0.15) is 5.25 Å². The van der Waals surface area contributed by atoms with Crippen LogP contribution >= 0.6 is 39.3 Å². The van der Waals surface area contributed by atoms with Gasteiger partial charge in [-0.2, -0.15) is 13.2 Å². The molecule has 2 aromatic carbocycles. The van der Waals surface area contributed by atoms with Crippen LogP contribution in [0.3, 0.4) is 0 Å². The first-order valence-corrected chi connectivity index (χ1v) is 10.5. The summed E-state index contributed by atoms with van der Waals surface area (Å²) in [4.78, 5) is 30.6. The Hall–Kier alpha value is -2.04. The monoisotopic (exact) mass is 519 g/mol. The zero-order valence-electron chi connectivity index (χ0n) is 15.3. The third kappa shape index (κ3) is 5.35. The van der Waals surface area contributed by atoms with Gasteiger partial charge in [0.05, 0.1) is 22.0 Å². The molecule has 1 N–H and O–H groups in total. The number of amides is 2. The number of aliphatic imine (C=N–C) groups is 1. The van der Waals surface area contributed by atoms with E-state index in [9.17, 15) is 22.8 Å². The number of hydrogen-bond acceptors (Lipinski definition) is 4. The molecule has 2 aromatic rings. The molecule has 1 heterocycles. The first kappa shape index (κ1) is 22.6. The molecule has 30 heavy (non-hydrogen) atoms. The Labute approximate surface area is 187 Å². The fraction of sp³-hybridized carbons (Fsp3) is 0.211. The van der Waals surface area contributed by atoms with Gasteiger partial charge in [-0.15, -0.1) is 0 Å². The summed E-state index contributed by atoms with van der Waals surface area (Å²) in [6.45, 7) is 0. The predicted octanol–water partition coefficient (Wildman–Crippen LogP) is 5.71. The number of alkyl halides is 3. The normalized spacial score (nSPS) is 18.2. The highest BCUT2D eigenvalue weighted by Gasteiger charge is 2.37. The molecule has 3 rings (SSSR count). The van der Waals surface area contributed by atoms with Gasteiger partial charge in [-0.3, -0.25) is 14.5 Å². The topological polar surface area (TPSA) is 61.8 Å². The molecular formula is C19H14BrClF3N3O2S. The molecule has 1 saturated heterocycles. The van der Waals surface area contributed by atoms with Crippen LogP contribution < -0.4 is 5.32 Å². The number of nitrogens with zero attached hydrogens (tertiary/aromatic N) is 2. The highest BCUT2D eigenvalue weighted by Crippen LogP contribution is 2.35. The third-order valence-electron chi connectivity index (χ3n) is 4.13. The summed E-state index contributed by atoms with van der Waals surface area (Å²) in [5.41, 5.74) is -0.456. The number of thioether (sulfide) groups is 1. The van der Waals surface area contributed by atoms with Gasteiger partial charge < -0.3 is 5.32 Å². The van der Waals surface area contributed by atoms with Crippen molar-refractivity contribution >= 4 is 67.6 Å². The Balaban J connectivity index is 1.70. The molecular weight excluding hydrogens is 507 g/mol. The lowest BCUT2D eigenvalue weighted by atomic mass is 10.2. The summed E-state index contributed by atoms with van der Waals surface area (Å²) < 4.78 is 39.5. The van der Waals surface area contributed by atoms with Gasteiger partial charge in [0.15, 0.2) is 5.17 Å². The molecule has 0 spiro atoms. The Bertz CT molecular complexity index is 1020. The van der Waals surface area contributed by atoms with E-state index in [1.54, 1.807) is 19.2 Å². The molecule has 1 unspecified atom stereocenters. The van der Waals surface area contributed by atoms with Crippen molar-refractivity contribution in [1.82, 2.24) is 4.90 Å². The summed E-state index contributed by atoms with van der Waals surface area (Å²) >= 11 is 10.3. The minimum absolute atomic E-state index is 0.0311. The number of amidine groups is 1. The number of anilines is 1. The van der Waals surface area contributed by atoms with E-state index in [0.717, 1.165) is 34.4 Å². The smallest absolute Gasteiger partial charge is 0.325 e. The fourth-order valence-electron chi connectivity index (χ4n) is 2.59. The molecule has 1 aliphatic rings. The van der Waals surface area contributed by atoms with Crippen molar-refractivity contribution in [3.05, 3.63) is 57.5 Å². The number of carbonyl (C=O) groups excluding carboxylic acids is 2. The second-order valence-electron chi connectivity index (χ2n) is 6.32. The SMILES string of the molecule is CN1C(=O)C(CC(=O)Nc2cc(C(F)(F)F)ccc2Cl)SC1=Nc1ccc(Br)cc1. The number of benzene rings is 2. The molecule has 0 saturated carbocycles. The fourth-order valence-corrected chi connectivity index (χ4v) is 4.17. The molecule has 1 fully saturated rings. The lowest BCUT2D eigenvalue weighted by Crippen LogP contribution is -2.30. The highest BCUT2D eigenvalue weighted by atomic mass is 79.9. The van der Waals surface area contributed by atoms with Crippen LogP contribution in [0.25, 0.3) is 0 Å². The van der Waals surface area contributed by atoms with Crippen molar-refractivity contribution in [3.8, 4) is 0 Å². The summed E-state index contributed by atoms with van der Waals surface area (Å²) in [6.07, 6.45) is -4.80. The molecule has 5 nitrogen and oxygen atoms in total. The number of rotatable bonds is 4. The second-order valence-corrected chi connectivity index (χ2v) is 8.81. The van der Waals surface area contributed by atoms with Gasteiger partial charge in [-0.05, 0) is 42.5 Å². The largest absolute Gasteiger partial charge is 0.416 e. The van der Waals surface area contributed by atoms with E-state index >= 15 is 0 Å². The van der Waals surface area contributed by atoms with E-state index in [0.29, 0.717) is 10.9 Å². The quantitative estimate of drug-likeness (QED) is 0.562. The number of halogens is 5. The molecule has 0 aliphatic carbocycles. The molecule has 158 valence electrons. The van der Waals surface area contributed by atoms with E-state index in [4.69, 9.17) is 11.6 Å². The standard InChI is InChI=1S/C19H14BrClF3N3O2S/c1-27-17(29)15(30-18(27)25-12-5-3-11(20)4-6-12)9-16(28)26-14-8-10(19(22,23)24)2-7-13(14)21/h2-8,15H,9H2,1H3,(H,26,28). The lowest BCUT2D eigenvalue weighted by molar-refractivity contribution is -0.137. The van der Waals surface area contributed by atoms with Crippen molar-refractivity contribution in [2.75, 3.05) is 12.4 Å². The predicted molar refractivity (Wildman–Crippen MR) is 115 cm³/mol. The molecule has 1 aliphatic heterocycles. The van der Waals surface area contributed by atoms with Crippen LogP contribution in [-0.4, -0.2) is 34.2 Å². The van der Waals surface area contributed by atoms with Crippen molar-refractivity contribution in [2.24, 2.45) is 4.99 Å². The van der Waals surface area contributed by atoms with E-state index in [2.05, 4.69) is 26.2 Å². The van der Waals surface area contributed by atoms with E-state index in [-0.39, 0.29) is 23.0 Å². The number of nitrogens with one attached hydrogen (secondary N) is 1. The number of carbonyl (C=O) groups is 2. The van der Waals surface area contributed by atoms with Crippen LogP contribution in [0, 0.1) is 0 Å². The van der Waals surface area contributed by atoms with Crippen LogP contribution in [0.15, 0.2) is 51.9 Å². The van der Waals surface area contributed by atoms with Crippen LogP contribution in [0.5, 0.6) is 0 Å². The van der Waals surface area contributed by atoms with Crippen molar-refractivity contribution < 1.29 is 22.8 Å². The van der Waals surface area contributed by atoms with Crippen LogP contribution in [0.4, 0.5) is 24.5 Å². The van der Waals surface area contributed by atoms with Crippen LogP contribution in [-0.2, 0) is 15.8 Å². The summed E-state index contributed by atoms with van der Waals surface area (Å²) in [5.74, 6) is -0.943. The van der Waals surface area contributed by atoms with Crippen LogP contribution in [0.2, 0.25) is 5.02 Å². The van der Waals surface area contributed by atoms with E-state index in [1.807, 2.05) is 12.1 Å². The maximum Gasteiger partial charge on any atom is 0.416 e. The third-order valence-corrected chi connectivity index (χ3v) is 6.22. The Kier molecular flexibility index (Phi) is 6.78. The lowest BCUT2D eigenvalue weighted by Gasteiger charge is -2.12. The summed E-state index contributed by atoms with van der Waals surface area (Å²) in [5, 5.41) is 2.01.